The van der Waals surface area contributed by atoms with E-state index in [9.17, 15) is 16.8 Å². The second-order valence-electron chi connectivity index (χ2n) is 5.57. The zero-order valence-corrected chi connectivity index (χ0v) is 15.3. The Labute approximate surface area is 143 Å². The number of benzene rings is 2. The molecule has 0 atom stereocenters. The normalized spacial score (nSPS) is 12.5. The Kier molecular flexibility index (Phi) is 5.79. The fourth-order valence-corrected chi connectivity index (χ4v) is 4.64. The standard InChI is InChI=1S/C17H21NO4S2/c1-3-12-18(14-15-8-5-4-6-9-15)24(21,22)17-11-7-10-16(13-17)23(2,19)20/h4-11,13H,3,12,14H2,1-2H3. The van der Waals surface area contributed by atoms with Gasteiger partial charge >= 0.3 is 0 Å². The van der Waals surface area contributed by atoms with Gasteiger partial charge in [-0.2, -0.15) is 4.31 Å². The highest BCUT2D eigenvalue weighted by molar-refractivity contribution is 7.91. The van der Waals surface area contributed by atoms with Crippen molar-refractivity contribution in [3.05, 3.63) is 60.2 Å². The number of hydrogen-bond donors (Lipinski definition) is 0. The highest BCUT2D eigenvalue weighted by Gasteiger charge is 2.25. The lowest BCUT2D eigenvalue weighted by Gasteiger charge is -2.22. The topological polar surface area (TPSA) is 71.5 Å². The van der Waals surface area contributed by atoms with Crippen molar-refractivity contribution in [2.24, 2.45) is 0 Å². The van der Waals surface area contributed by atoms with Crippen molar-refractivity contribution in [3.8, 4) is 0 Å². The molecule has 0 radical (unpaired) electrons. The van der Waals surface area contributed by atoms with Crippen molar-refractivity contribution >= 4 is 19.9 Å². The molecule has 0 fully saturated rings. The van der Waals surface area contributed by atoms with E-state index in [-0.39, 0.29) is 16.3 Å². The quantitative estimate of drug-likeness (QED) is 0.754. The number of hydrogen-bond acceptors (Lipinski definition) is 4. The van der Waals surface area contributed by atoms with Gasteiger partial charge in [0, 0.05) is 19.3 Å². The molecule has 0 spiro atoms. The molecule has 130 valence electrons. The van der Waals surface area contributed by atoms with Gasteiger partial charge in [-0.05, 0) is 30.2 Å². The summed E-state index contributed by atoms with van der Waals surface area (Å²) in [5, 5.41) is 0. The molecule has 0 aromatic heterocycles. The highest BCUT2D eigenvalue weighted by atomic mass is 32.2. The van der Waals surface area contributed by atoms with E-state index in [1.165, 1.54) is 28.6 Å². The molecule has 24 heavy (non-hydrogen) atoms. The van der Waals surface area contributed by atoms with E-state index in [1.54, 1.807) is 0 Å². The molecule has 0 saturated heterocycles. The van der Waals surface area contributed by atoms with E-state index < -0.39 is 19.9 Å². The smallest absolute Gasteiger partial charge is 0.224 e. The number of sulfonamides is 1. The Morgan fingerprint density at radius 1 is 0.875 bits per heavy atom. The van der Waals surface area contributed by atoms with Crippen molar-refractivity contribution in [1.82, 2.24) is 4.31 Å². The van der Waals surface area contributed by atoms with Crippen molar-refractivity contribution in [2.45, 2.75) is 29.7 Å². The maximum absolute atomic E-state index is 12.9. The minimum Gasteiger partial charge on any atom is -0.224 e. The molecule has 0 heterocycles. The minimum absolute atomic E-state index is 0.000246. The zero-order valence-electron chi connectivity index (χ0n) is 13.7. The van der Waals surface area contributed by atoms with Crippen LogP contribution in [0, 0.1) is 0 Å². The monoisotopic (exact) mass is 367 g/mol. The first-order chi connectivity index (χ1) is 11.2. The van der Waals surface area contributed by atoms with E-state index in [1.807, 2.05) is 37.3 Å². The summed E-state index contributed by atoms with van der Waals surface area (Å²) in [4.78, 5) is -0.00505. The number of nitrogens with zero attached hydrogens (tertiary/aromatic N) is 1. The summed E-state index contributed by atoms with van der Waals surface area (Å²) in [6, 6.07) is 14.8. The van der Waals surface area contributed by atoms with Crippen molar-refractivity contribution in [3.63, 3.8) is 0 Å². The first-order valence-corrected chi connectivity index (χ1v) is 10.9. The van der Waals surface area contributed by atoms with Crippen LogP contribution in [0.25, 0.3) is 0 Å². The van der Waals surface area contributed by atoms with Crippen LogP contribution in [-0.2, 0) is 26.4 Å². The maximum Gasteiger partial charge on any atom is 0.243 e. The summed E-state index contributed by atoms with van der Waals surface area (Å²) >= 11 is 0. The van der Waals surface area contributed by atoms with Gasteiger partial charge in [-0.25, -0.2) is 16.8 Å². The fraction of sp³-hybridized carbons (Fsp3) is 0.294. The maximum atomic E-state index is 12.9. The van der Waals surface area contributed by atoms with E-state index in [0.29, 0.717) is 13.0 Å². The molecule has 0 aliphatic heterocycles. The van der Waals surface area contributed by atoms with Crippen LogP contribution in [0.1, 0.15) is 18.9 Å². The van der Waals surface area contributed by atoms with Gasteiger partial charge in [-0.15, -0.1) is 0 Å². The molecule has 0 saturated carbocycles. The lowest BCUT2D eigenvalue weighted by molar-refractivity contribution is 0.405. The molecule has 2 aromatic rings. The Morgan fingerprint density at radius 3 is 2.08 bits per heavy atom. The summed E-state index contributed by atoms with van der Waals surface area (Å²) in [5.41, 5.74) is 0.883. The Morgan fingerprint density at radius 2 is 1.50 bits per heavy atom. The van der Waals surface area contributed by atoms with E-state index >= 15 is 0 Å². The van der Waals surface area contributed by atoms with Gasteiger partial charge in [0.2, 0.25) is 10.0 Å². The van der Waals surface area contributed by atoms with Crippen LogP contribution < -0.4 is 0 Å². The third kappa shape index (κ3) is 4.43. The Balaban J connectivity index is 2.41. The van der Waals surface area contributed by atoms with Crippen LogP contribution in [-0.4, -0.2) is 33.9 Å². The molecule has 5 nitrogen and oxygen atoms in total. The summed E-state index contributed by atoms with van der Waals surface area (Å²) in [6.07, 6.45) is 1.73. The molecular weight excluding hydrogens is 346 g/mol. The molecule has 0 N–H and O–H groups in total. The van der Waals surface area contributed by atoms with E-state index in [2.05, 4.69) is 0 Å². The third-order valence-corrected chi connectivity index (χ3v) is 6.50. The second kappa shape index (κ2) is 7.46. The average Bonchev–Trinajstić information content (AvgIpc) is 2.55. The van der Waals surface area contributed by atoms with Gasteiger partial charge in [0.25, 0.3) is 0 Å². The zero-order chi connectivity index (χ0) is 17.8. The van der Waals surface area contributed by atoms with Crippen molar-refractivity contribution < 1.29 is 16.8 Å². The molecule has 0 unspecified atom stereocenters. The molecule has 0 aliphatic rings. The Bertz CT molecular complexity index is 891. The van der Waals surface area contributed by atoms with Crippen LogP contribution in [0.4, 0.5) is 0 Å². The lowest BCUT2D eigenvalue weighted by Crippen LogP contribution is -2.31. The van der Waals surface area contributed by atoms with Crippen LogP contribution >= 0.6 is 0 Å². The largest absolute Gasteiger partial charge is 0.243 e. The molecule has 0 amide bonds. The number of rotatable bonds is 7. The predicted molar refractivity (Wildman–Crippen MR) is 93.9 cm³/mol. The van der Waals surface area contributed by atoms with Gasteiger partial charge in [-0.3, -0.25) is 0 Å². The van der Waals surface area contributed by atoms with E-state index in [0.717, 1.165) is 11.8 Å². The van der Waals surface area contributed by atoms with Crippen LogP contribution in [0.5, 0.6) is 0 Å². The summed E-state index contributed by atoms with van der Waals surface area (Å²) in [6.45, 7) is 2.51. The number of sulfone groups is 1. The Hall–Kier alpha value is -1.70. The first-order valence-electron chi connectivity index (χ1n) is 7.59. The molecule has 0 aliphatic carbocycles. The summed E-state index contributed by atoms with van der Waals surface area (Å²) in [7, 11) is -7.24. The van der Waals surface area contributed by atoms with Crippen LogP contribution in [0.3, 0.4) is 0 Å². The van der Waals surface area contributed by atoms with Crippen LogP contribution in [0.2, 0.25) is 0 Å². The lowest BCUT2D eigenvalue weighted by atomic mass is 10.2. The highest BCUT2D eigenvalue weighted by Crippen LogP contribution is 2.21. The van der Waals surface area contributed by atoms with Crippen molar-refractivity contribution in [1.29, 1.82) is 0 Å². The molecule has 2 aromatic carbocycles. The fourth-order valence-electron chi connectivity index (χ4n) is 2.34. The summed E-state index contributed by atoms with van der Waals surface area (Å²) in [5.74, 6) is 0. The first kappa shape index (κ1) is 18.6. The minimum atomic E-state index is -3.78. The third-order valence-electron chi connectivity index (χ3n) is 3.55. The van der Waals surface area contributed by atoms with Gasteiger partial charge in [-0.1, -0.05) is 43.3 Å². The van der Waals surface area contributed by atoms with Gasteiger partial charge in [0.05, 0.1) is 9.79 Å². The van der Waals surface area contributed by atoms with Crippen molar-refractivity contribution in [2.75, 3.05) is 12.8 Å². The van der Waals surface area contributed by atoms with Gasteiger partial charge in [0.15, 0.2) is 9.84 Å². The molecule has 0 bridgehead atoms. The predicted octanol–water partition coefficient (Wildman–Crippen LogP) is 2.69. The summed E-state index contributed by atoms with van der Waals surface area (Å²) < 4.78 is 50.6. The molecular formula is C17H21NO4S2. The average molecular weight is 367 g/mol. The molecule has 7 heteroatoms. The van der Waals surface area contributed by atoms with E-state index in [4.69, 9.17) is 0 Å². The van der Waals surface area contributed by atoms with Crippen LogP contribution in [0.15, 0.2) is 64.4 Å². The van der Waals surface area contributed by atoms with Gasteiger partial charge in [0.1, 0.15) is 0 Å². The SMILES string of the molecule is CCCN(Cc1ccccc1)S(=O)(=O)c1cccc(S(C)(=O)=O)c1. The second-order valence-corrected chi connectivity index (χ2v) is 9.52. The molecule has 2 rings (SSSR count). The van der Waals surface area contributed by atoms with Gasteiger partial charge < -0.3 is 0 Å².